The largest absolute Gasteiger partial charge is 0.159 e. The van der Waals surface area contributed by atoms with Crippen molar-refractivity contribution in [3.63, 3.8) is 0 Å². The van der Waals surface area contributed by atoms with Crippen LogP contribution in [0.2, 0.25) is 0 Å². The normalized spacial score (nSPS) is 10.3. The third-order valence-electron chi connectivity index (χ3n) is 1.22. The van der Waals surface area contributed by atoms with Crippen LogP contribution in [0.3, 0.4) is 0 Å². The topological polar surface area (TPSA) is 25.8 Å². The fourth-order valence-electron chi connectivity index (χ4n) is 0.837. The summed E-state index contributed by atoms with van der Waals surface area (Å²) in [6, 6.07) is 3.03. The first-order chi connectivity index (χ1) is 4.79. The van der Waals surface area contributed by atoms with E-state index < -0.39 is 0 Å². The van der Waals surface area contributed by atoms with E-state index >= 15 is 0 Å². The molecule has 2 heteroatoms. The van der Waals surface area contributed by atoms with Gasteiger partial charge in [0.15, 0.2) is 0 Å². The Kier molecular flexibility index (Phi) is 2.37. The minimum Gasteiger partial charge on any atom is -0.159 e. The molecule has 0 aliphatic heterocycles. The van der Waals surface area contributed by atoms with Crippen LogP contribution < -0.4 is 0 Å². The highest BCUT2D eigenvalue weighted by Gasteiger charge is 1.95. The van der Waals surface area contributed by atoms with Gasteiger partial charge in [0, 0.05) is 6.07 Å². The van der Waals surface area contributed by atoms with Gasteiger partial charge in [0.2, 0.25) is 0 Å². The number of hydrogen-bond acceptors (Lipinski definition) is 2. The molecule has 53 valence electrons. The summed E-state index contributed by atoms with van der Waals surface area (Å²) in [4.78, 5) is 0. The molecule has 0 N–H and O–H groups in total. The standard InChI is InChI=1S/C8H11N2/c1-7(2)5-8-3-4-9-10-6-8/h4,6-7H,5H2,1-2H3. The Labute approximate surface area is 61.3 Å². The average molecular weight is 135 g/mol. The molecule has 1 aromatic heterocycles. The molecule has 1 rings (SSSR count). The van der Waals surface area contributed by atoms with E-state index in [2.05, 4.69) is 30.1 Å². The quantitative estimate of drug-likeness (QED) is 0.613. The first kappa shape index (κ1) is 7.19. The van der Waals surface area contributed by atoms with Gasteiger partial charge in [-0.3, -0.25) is 0 Å². The van der Waals surface area contributed by atoms with E-state index in [4.69, 9.17) is 0 Å². The van der Waals surface area contributed by atoms with Crippen LogP contribution in [-0.4, -0.2) is 10.2 Å². The number of hydrogen-bond donors (Lipinski definition) is 0. The van der Waals surface area contributed by atoms with Crippen molar-refractivity contribution in [1.82, 2.24) is 10.2 Å². The molecular formula is C8H11N2. The van der Waals surface area contributed by atoms with Crippen LogP contribution in [0.5, 0.6) is 0 Å². The maximum atomic E-state index is 3.76. The Morgan fingerprint density at radius 1 is 1.50 bits per heavy atom. The first-order valence-electron chi connectivity index (χ1n) is 3.46. The highest BCUT2D eigenvalue weighted by molar-refractivity contribution is 5.03. The molecule has 0 atom stereocenters. The van der Waals surface area contributed by atoms with E-state index in [9.17, 15) is 0 Å². The van der Waals surface area contributed by atoms with E-state index in [1.165, 1.54) is 0 Å². The zero-order valence-electron chi connectivity index (χ0n) is 6.33. The van der Waals surface area contributed by atoms with Gasteiger partial charge in [-0.25, -0.2) is 0 Å². The zero-order valence-corrected chi connectivity index (χ0v) is 6.33. The van der Waals surface area contributed by atoms with Crippen LogP contribution in [0, 0.1) is 12.0 Å². The molecule has 0 fully saturated rings. The minimum atomic E-state index is 0.667. The van der Waals surface area contributed by atoms with Gasteiger partial charge in [0.1, 0.15) is 0 Å². The second-order valence-electron chi connectivity index (χ2n) is 2.76. The predicted molar refractivity (Wildman–Crippen MR) is 39.4 cm³/mol. The fourth-order valence-corrected chi connectivity index (χ4v) is 0.837. The smallest absolute Gasteiger partial charge is 0.0578 e. The van der Waals surface area contributed by atoms with Gasteiger partial charge in [0.05, 0.1) is 12.4 Å². The molecule has 0 bridgehead atoms. The summed E-state index contributed by atoms with van der Waals surface area (Å²) in [5.74, 6) is 0.667. The lowest BCUT2D eigenvalue weighted by Crippen LogP contribution is -1.94. The summed E-state index contributed by atoms with van der Waals surface area (Å²) >= 11 is 0. The van der Waals surface area contributed by atoms with Crippen LogP contribution in [0.15, 0.2) is 12.4 Å². The molecule has 10 heavy (non-hydrogen) atoms. The van der Waals surface area contributed by atoms with Crippen LogP contribution in [-0.2, 0) is 6.42 Å². The summed E-state index contributed by atoms with van der Waals surface area (Å²) in [6.45, 7) is 4.35. The summed E-state index contributed by atoms with van der Waals surface area (Å²) in [7, 11) is 0. The predicted octanol–water partition coefficient (Wildman–Crippen LogP) is 1.48. The molecule has 0 unspecified atom stereocenters. The van der Waals surface area contributed by atoms with Crippen molar-refractivity contribution in [1.29, 1.82) is 0 Å². The molecule has 0 aliphatic rings. The molecule has 1 heterocycles. The Morgan fingerprint density at radius 2 is 2.30 bits per heavy atom. The Morgan fingerprint density at radius 3 is 2.80 bits per heavy atom. The fraction of sp³-hybridized carbons (Fsp3) is 0.500. The SMILES string of the molecule is CC(C)Cc1[c]cnnc1. The van der Waals surface area contributed by atoms with Gasteiger partial charge < -0.3 is 0 Å². The van der Waals surface area contributed by atoms with Gasteiger partial charge in [-0.05, 0) is 17.9 Å². The molecular weight excluding hydrogens is 124 g/mol. The summed E-state index contributed by atoms with van der Waals surface area (Å²) in [5.41, 5.74) is 1.14. The molecule has 1 aromatic rings. The summed E-state index contributed by atoms with van der Waals surface area (Å²) in [5, 5.41) is 7.40. The second kappa shape index (κ2) is 3.30. The molecule has 0 saturated heterocycles. The maximum absolute atomic E-state index is 3.76. The van der Waals surface area contributed by atoms with E-state index in [-0.39, 0.29) is 0 Å². The summed E-state index contributed by atoms with van der Waals surface area (Å²) in [6.07, 6.45) is 4.41. The van der Waals surface area contributed by atoms with Gasteiger partial charge >= 0.3 is 0 Å². The van der Waals surface area contributed by atoms with Gasteiger partial charge in [0.25, 0.3) is 0 Å². The molecule has 0 aromatic carbocycles. The van der Waals surface area contributed by atoms with Crippen LogP contribution in [0.25, 0.3) is 0 Å². The van der Waals surface area contributed by atoms with Crippen LogP contribution in [0.1, 0.15) is 19.4 Å². The van der Waals surface area contributed by atoms with Crippen molar-refractivity contribution in [2.75, 3.05) is 0 Å². The van der Waals surface area contributed by atoms with Crippen molar-refractivity contribution in [2.24, 2.45) is 5.92 Å². The highest BCUT2D eigenvalue weighted by Crippen LogP contribution is 2.03. The monoisotopic (exact) mass is 135 g/mol. The van der Waals surface area contributed by atoms with Gasteiger partial charge in [-0.2, -0.15) is 10.2 Å². The van der Waals surface area contributed by atoms with E-state index in [1.54, 1.807) is 12.4 Å². The number of nitrogens with zero attached hydrogens (tertiary/aromatic N) is 2. The zero-order chi connectivity index (χ0) is 7.40. The Balaban J connectivity index is 2.59. The maximum Gasteiger partial charge on any atom is 0.0578 e. The third-order valence-corrected chi connectivity index (χ3v) is 1.22. The minimum absolute atomic E-state index is 0.667. The van der Waals surface area contributed by atoms with Crippen molar-refractivity contribution in [3.8, 4) is 0 Å². The lowest BCUT2D eigenvalue weighted by molar-refractivity contribution is 0.643. The lowest BCUT2D eigenvalue weighted by atomic mass is 10.1. The van der Waals surface area contributed by atoms with Crippen LogP contribution in [0.4, 0.5) is 0 Å². The molecule has 1 radical (unpaired) electrons. The van der Waals surface area contributed by atoms with Crippen molar-refractivity contribution in [2.45, 2.75) is 20.3 Å². The van der Waals surface area contributed by atoms with E-state index in [0.717, 1.165) is 12.0 Å². The van der Waals surface area contributed by atoms with E-state index in [0.29, 0.717) is 5.92 Å². The number of aromatic nitrogens is 2. The Hall–Kier alpha value is -0.920. The molecule has 0 aliphatic carbocycles. The Bertz CT molecular complexity index is 182. The van der Waals surface area contributed by atoms with E-state index in [1.807, 2.05) is 0 Å². The molecule has 2 nitrogen and oxygen atoms in total. The van der Waals surface area contributed by atoms with Crippen molar-refractivity contribution < 1.29 is 0 Å². The molecule has 0 saturated carbocycles. The lowest BCUT2D eigenvalue weighted by Gasteiger charge is -2.00. The van der Waals surface area contributed by atoms with Crippen molar-refractivity contribution in [3.05, 3.63) is 24.0 Å². The van der Waals surface area contributed by atoms with Gasteiger partial charge in [-0.15, -0.1) is 0 Å². The van der Waals surface area contributed by atoms with Crippen LogP contribution >= 0.6 is 0 Å². The number of rotatable bonds is 2. The first-order valence-corrected chi connectivity index (χ1v) is 3.46. The third kappa shape index (κ3) is 2.13. The molecule has 0 amide bonds. The van der Waals surface area contributed by atoms with Gasteiger partial charge in [-0.1, -0.05) is 13.8 Å². The molecule has 0 spiro atoms. The van der Waals surface area contributed by atoms with Crippen molar-refractivity contribution >= 4 is 0 Å². The second-order valence-corrected chi connectivity index (χ2v) is 2.76. The highest BCUT2D eigenvalue weighted by atomic mass is 15.1. The summed E-state index contributed by atoms with van der Waals surface area (Å²) < 4.78 is 0. The average Bonchev–Trinajstić information content (AvgIpc) is 1.88.